The molecule has 0 unspecified atom stereocenters. The number of benzene rings is 1. The number of rotatable bonds is 9. The van der Waals surface area contributed by atoms with Gasteiger partial charge in [-0.05, 0) is 30.9 Å². The Morgan fingerprint density at radius 2 is 2.14 bits per heavy atom. The summed E-state index contributed by atoms with van der Waals surface area (Å²) in [5.41, 5.74) is 1.13. The summed E-state index contributed by atoms with van der Waals surface area (Å²) in [6.07, 6.45) is 4.68. The summed E-state index contributed by atoms with van der Waals surface area (Å²) >= 11 is 7.48. The Hall–Kier alpha value is -2.52. The first-order valence-electron chi connectivity index (χ1n) is 9.20. The second-order valence-electron chi connectivity index (χ2n) is 6.19. The van der Waals surface area contributed by atoms with E-state index in [1.807, 2.05) is 6.26 Å². The minimum atomic E-state index is -0.259. The number of carbonyl (C=O) groups excluding carboxylic acids is 1. The molecule has 154 valence electrons. The average Bonchev–Trinajstić information content (AvgIpc) is 3.14. The number of hydrogen-bond donors (Lipinski definition) is 2. The number of aromatic nitrogens is 4. The van der Waals surface area contributed by atoms with E-state index in [9.17, 15) is 4.79 Å². The standard InChI is InChI=1S/C19H23ClN6O2S/c1-4-7-21-16-14-11-23-26(17(14)25-19(24-16)29-3)9-8-22-18(27)13-10-12(20)5-6-15(13)28-2/h5-6,10-11H,4,7-9H2,1-3H3,(H,22,27)(H,21,24,25). The number of methoxy groups -OCH3 is 1. The summed E-state index contributed by atoms with van der Waals surface area (Å²) in [4.78, 5) is 21.6. The van der Waals surface area contributed by atoms with E-state index in [2.05, 4.69) is 32.6 Å². The third-order valence-corrected chi connectivity index (χ3v) is 5.00. The zero-order valence-corrected chi connectivity index (χ0v) is 18.1. The second-order valence-corrected chi connectivity index (χ2v) is 7.40. The number of nitrogens with zero attached hydrogens (tertiary/aromatic N) is 4. The molecule has 8 nitrogen and oxygen atoms in total. The first kappa shape index (κ1) is 21.2. The number of ether oxygens (including phenoxy) is 1. The van der Waals surface area contributed by atoms with Crippen LogP contribution in [0, 0.1) is 0 Å². The highest BCUT2D eigenvalue weighted by atomic mass is 35.5. The van der Waals surface area contributed by atoms with Gasteiger partial charge in [-0.3, -0.25) is 4.79 Å². The van der Waals surface area contributed by atoms with Crippen molar-refractivity contribution in [1.29, 1.82) is 0 Å². The Kier molecular flexibility index (Phi) is 7.16. The first-order chi connectivity index (χ1) is 14.1. The summed E-state index contributed by atoms with van der Waals surface area (Å²) in [7, 11) is 1.52. The van der Waals surface area contributed by atoms with Crippen molar-refractivity contribution in [1.82, 2.24) is 25.1 Å². The first-order valence-corrected chi connectivity index (χ1v) is 10.8. The van der Waals surface area contributed by atoms with Crippen LogP contribution in [0.25, 0.3) is 11.0 Å². The lowest BCUT2D eigenvalue weighted by Gasteiger charge is -2.10. The van der Waals surface area contributed by atoms with Gasteiger partial charge in [0, 0.05) is 18.1 Å². The molecule has 0 fully saturated rings. The number of nitrogens with one attached hydrogen (secondary N) is 2. The van der Waals surface area contributed by atoms with Gasteiger partial charge < -0.3 is 15.4 Å². The molecule has 2 aromatic heterocycles. The molecule has 1 aromatic carbocycles. The molecule has 3 rings (SSSR count). The van der Waals surface area contributed by atoms with Crippen LogP contribution in [-0.4, -0.2) is 52.1 Å². The number of hydrogen-bond acceptors (Lipinski definition) is 7. The van der Waals surface area contributed by atoms with Crippen LogP contribution in [-0.2, 0) is 6.54 Å². The molecule has 29 heavy (non-hydrogen) atoms. The van der Waals surface area contributed by atoms with Crippen LogP contribution in [0.5, 0.6) is 5.75 Å². The van der Waals surface area contributed by atoms with Crippen LogP contribution in [0.3, 0.4) is 0 Å². The molecule has 0 aliphatic rings. The van der Waals surface area contributed by atoms with Crippen molar-refractivity contribution in [2.45, 2.75) is 25.0 Å². The fourth-order valence-electron chi connectivity index (χ4n) is 2.80. The smallest absolute Gasteiger partial charge is 0.255 e. The van der Waals surface area contributed by atoms with Crippen molar-refractivity contribution in [3.05, 3.63) is 35.0 Å². The molecule has 0 saturated heterocycles. The van der Waals surface area contributed by atoms with Gasteiger partial charge in [0.05, 0.1) is 30.8 Å². The normalized spacial score (nSPS) is 10.9. The molecule has 2 heterocycles. The number of carbonyl (C=O) groups is 1. The predicted molar refractivity (Wildman–Crippen MR) is 116 cm³/mol. The molecular weight excluding hydrogens is 412 g/mol. The fourth-order valence-corrected chi connectivity index (χ4v) is 3.33. The summed E-state index contributed by atoms with van der Waals surface area (Å²) in [5.74, 6) is 0.992. The molecule has 0 aliphatic carbocycles. The summed E-state index contributed by atoms with van der Waals surface area (Å²) in [5, 5.41) is 12.6. The van der Waals surface area contributed by atoms with Gasteiger partial charge in [0.25, 0.3) is 5.91 Å². The molecule has 0 saturated carbocycles. The SMILES string of the molecule is CCCNc1nc(SC)nc2c1cnn2CCNC(=O)c1cc(Cl)ccc1OC. The lowest BCUT2D eigenvalue weighted by Crippen LogP contribution is -2.28. The van der Waals surface area contributed by atoms with Crippen molar-refractivity contribution in [2.75, 3.05) is 31.8 Å². The van der Waals surface area contributed by atoms with Gasteiger partial charge in [-0.15, -0.1) is 0 Å². The van der Waals surface area contributed by atoms with Crippen molar-refractivity contribution in [2.24, 2.45) is 0 Å². The molecule has 1 amide bonds. The van der Waals surface area contributed by atoms with Crippen LogP contribution in [0.1, 0.15) is 23.7 Å². The minimum Gasteiger partial charge on any atom is -0.496 e. The lowest BCUT2D eigenvalue weighted by molar-refractivity contribution is 0.0949. The quantitative estimate of drug-likeness (QED) is 0.393. The maximum atomic E-state index is 12.5. The van der Waals surface area contributed by atoms with Crippen molar-refractivity contribution in [3.63, 3.8) is 0 Å². The highest BCUT2D eigenvalue weighted by Crippen LogP contribution is 2.24. The van der Waals surface area contributed by atoms with E-state index in [0.717, 1.165) is 29.8 Å². The maximum absolute atomic E-state index is 12.5. The molecule has 0 aliphatic heterocycles. The van der Waals surface area contributed by atoms with Crippen molar-refractivity contribution >= 4 is 46.1 Å². The molecule has 3 aromatic rings. The van der Waals surface area contributed by atoms with Gasteiger partial charge in [-0.1, -0.05) is 30.3 Å². The van der Waals surface area contributed by atoms with E-state index in [-0.39, 0.29) is 5.91 Å². The molecular formula is C19H23ClN6O2S. The van der Waals surface area contributed by atoms with Crippen LogP contribution >= 0.6 is 23.4 Å². The van der Waals surface area contributed by atoms with E-state index in [1.165, 1.54) is 18.9 Å². The highest BCUT2D eigenvalue weighted by molar-refractivity contribution is 7.98. The average molecular weight is 435 g/mol. The zero-order chi connectivity index (χ0) is 20.8. The molecule has 0 spiro atoms. The molecule has 2 N–H and O–H groups in total. The van der Waals surface area contributed by atoms with Crippen LogP contribution < -0.4 is 15.4 Å². The number of anilines is 1. The zero-order valence-electron chi connectivity index (χ0n) is 16.5. The lowest BCUT2D eigenvalue weighted by atomic mass is 10.2. The third kappa shape index (κ3) is 4.91. The Bertz CT molecular complexity index is 1010. The Morgan fingerprint density at radius 1 is 1.31 bits per heavy atom. The van der Waals surface area contributed by atoms with Gasteiger partial charge in [0.2, 0.25) is 0 Å². The van der Waals surface area contributed by atoms with Crippen LogP contribution in [0.2, 0.25) is 5.02 Å². The molecule has 0 radical (unpaired) electrons. The topological polar surface area (TPSA) is 94.0 Å². The number of amides is 1. The van der Waals surface area contributed by atoms with Gasteiger partial charge in [0.15, 0.2) is 10.8 Å². The van der Waals surface area contributed by atoms with Crippen molar-refractivity contribution in [3.8, 4) is 5.75 Å². The predicted octanol–water partition coefficient (Wildman–Crippen LogP) is 3.46. The Morgan fingerprint density at radius 3 is 2.86 bits per heavy atom. The number of thioether (sulfide) groups is 1. The monoisotopic (exact) mass is 434 g/mol. The van der Waals surface area contributed by atoms with E-state index < -0.39 is 0 Å². The number of fused-ring (bicyclic) bond motifs is 1. The van der Waals surface area contributed by atoms with E-state index >= 15 is 0 Å². The van der Waals surface area contributed by atoms with E-state index in [0.29, 0.717) is 34.6 Å². The summed E-state index contributed by atoms with van der Waals surface area (Å²) < 4.78 is 7.01. The van der Waals surface area contributed by atoms with E-state index in [1.54, 1.807) is 29.1 Å². The summed E-state index contributed by atoms with van der Waals surface area (Å²) in [6.45, 7) is 3.77. The highest BCUT2D eigenvalue weighted by Gasteiger charge is 2.15. The maximum Gasteiger partial charge on any atom is 0.255 e. The largest absolute Gasteiger partial charge is 0.496 e. The van der Waals surface area contributed by atoms with Crippen molar-refractivity contribution < 1.29 is 9.53 Å². The van der Waals surface area contributed by atoms with Gasteiger partial charge in [-0.2, -0.15) is 5.10 Å². The summed E-state index contributed by atoms with van der Waals surface area (Å²) in [6, 6.07) is 4.94. The van der Waals surface area contributed by atoms with Gasteiger partial charge >= 0.3 is 0 Å². The van der Waals surface area contributed by atoms with Gasteiger partial charge in [-0.25, -0.2) is 14.6 Å². The third-order valence-electron chi connectivity index (χ3n) is 4.22. The fraction of sp³-hybridized carbons (Fsp3) is 0.368. The Labute approximate surface area is 178 Å². The molecule has 0 bridgehead atoms. The van der Waals surface area contributed by atoms with E-state index in [4.69, 9.17) is 16.3 Å². The molecule has 10 heteroatoms. The number of halogens is 1. The van der Waals surface area contributed by atoms with Crippen LogP contribution in [0.15, 0.2) is 29.6 Å². The minimum absolute atomic E-state index is 0.259. The van der Waals surface area contributed by atoms with Gasteiger partial charge in [0.1, 0.15) is 11.6 Å². The molecule has 0 atom stereocenters. The van der Waals surface area contributed by atoms with Crippen LogP contribution in [0.4, 0.5) is 5.82 Å². The Balaban J connectivity index is 1.74. The second kappa shape index (κ2) is 9.80.